The van der Waals surface area contributed by atoms with E-state index in [1.807, 2.05) is 12.3 Å². The summed E-state index contributed by atoms with van der Waals surface area (Å²) < 4.78 is 4.64. The van der Waals surface area contributed by atoms with Crippen molar-refractivity contribution in [2.24, 2.45) is 0 Å². The minimum absolute atomic E-state index is 0.335. The first-order chi connectivity index (χ1) is 13.7. The van der Waals surface area contributed by atoms with E-state index in [-0.39, 0.29) is 5.97 Å². The lowest BCUT2D eigenvalue weighted by Gasteiger charge is -2.25. The second-order valence-corrected chi connectivity index (χ2v) is 7.18. The number of H-pyrrole nitrogens is 1. The standard InChI is InChI=1S/C23H25N3O2/c1-28-22(27)11-8-17-6-9-18(10-7-17)21-5-3-14-26(21)15-12-19-16-25-23-20(19)4-2-13-24-23/h2,4,6-11,13,16,21H,3,5,12,14-15H2,1H3,(H,24,25)/t21-/m0/s1. The molecule has 0 bridgehead atoms. The number of benzene rings is 1. The summed E-state index contributed by atoms with van der Waals surface area (Å²) in [7, 11) is 1.39. The molecule has 0 radical (unpaired) electrons. The Bertz CT molecular complexity index is 975. The molecule has 1 aliphatic rings. The number of aromatic amines is 1. The van der Waals surface area contributed by atoms with Gasteiger partial charge in [0, 0.05) is 36.4 Å². The van der Waals surface area contributed by atoms with Crippen molar-refractivity contribution in [3.8, 4) is 0 Å². The maximum atomic E-state index is 11.2. The van der Waals surface area contributed by atoms with Gasteiger partial charge in [-0.2, -0.15) is 0 Å². The van der Waals surface area contributed by atoms with Gasteiger partial charge in [-0.3, -0.25) is 4.90 Å². The lowest BCUT2D eigenvalue weighted by atomic mass is 10.0. The number of methoxy groups -OCH3 is 1. The predicted molar refractivity (Wildman–Crippen MR) is 111 cm³/mol. The second-order valence-electron chi connectivity index (χ2n) is 7.18. The molecule has 144 valence electrons. The highest BCUT2D eigenvalue weighted by molar-refractivity contribution is 5.86. The van der Waals surface area contributed by atoms with Crippen LogP contribution in [0.2, 0.25) is 0 Å². The van der Waals surface area contributed by atoms with E-state index in [9.17, 15) is 4.79 Å². The van der Waals surface area contributed by atoms with Crippen LogP contribution in [0.4, 0.5) is 0 Å². The summed E-state index contributed by atoms with van der Waals surface area (Å²) in [5, 5.41) is 1.22. The number of fused-ring (bicyclic) bond motifs is 1. The largest absolute Gasteiger partial charge is 0.466 e. The van der Waals surface area contributed by atoms with E-state index in [1.54, 1.807) is 6.08 Å². The van der Waals surface area contributed by atoms with Crippen molar-refractivity contribution < 1.29 is 9.53 Å². The minimum Gasteiger partial charge on any atom is -0.466 e. The molecule has 2 aromatic heterocycles. The van der Waals surface area contributed by atoms with Gasteiger partial charge < -0.3 is 9.72 Å². The van der Waals surface area contributed by atoms with Crippen molar-refractivity contribution >= 4 is 23.1 Å². The maximum Gasteiger partial charge on any atom is 0.330 e. The van der Waals surface area contributed by atoms with Gasteiger partial charge in [-0.1, -0.05) is 24.3 Å². The molecule has 1 saturated heterocycles. The molecular formula is C23H25N3O2. The van der Waals surface area contributed by atoms with Gasteiger partial charge in [0.05, 0.1) is 7.11 Å². The first kappa shape index (κ1) is 18.4. The van der Waals surface area contributed by atoms with Crippen LogP contribution < -0.4 is 0 Å². The molecule has 1 fully saturated rings. The Morgan fingerprint density at radius 3 is 3.00 bits per heavy atom. The van der Waals surface area contributed by atoms with E-state index in [0.717, 1.165) is 30.7 Å². The van der Waals surface area contributed by atoms with Crippen molar-refractivity contribution in [3.63, 3.8) is 0 Å². The van der Waals surface area contributed by atoms with E-state index in [4.69, 9.17) is 0 Å². The Labute approximate surface area is 165 Å². The summed E-state index contributed by atoms with van der Waals surface area (Å²) >= 11 is 0. The van der Waals surface area contributed by atoms with Crippen molar-refractivity contribution in [2.45, 2.75) is 25.3 Å². The highest BCUT2D eigenvalue weighted by Gasteiger charge is 2.25. The zero-order chi connectivity index (χ0) is 19.3. The highest BCUT2D eigenvalue weighted by Crippen LogP contribution is 2.32. The molecule has 0 unspecified atom stereocenters. The molecule has 0 spiro atoms. The van der Waals surface area contributed by atoms with Crippen molar-refractivity contribution in [2.75, 3.05) is 20.2 Å². The number of aromatic nitrogens is 2. The van der Waals surface area contributed by atoms with Crippen LogP contribution in [-0.2, 0) is 16.0 Å². The number of pyridine rings is 1. The first-order valence-corrected chi connectivity index (χ1v) is 9.75. The number of esters is 1. The third-order valence-corrected chi connectivity index (χ3v) is 5.50. The number of likely N-dealkylation sites (tertiary alicyclic amines) is 1. The van der Waals surface area contributed by atoms with Crippen molar-refractivity contribution in [1.82, 2.24) is 14.9 Å². The third-order valence-electron chi connectivity index (χ3n) is 5.50. The molecule has 0 aliphatic carbocycles. The van der Waals surface area contributed by atoms with Gasteiger partial charge in [-0.25, -0.2) is 9.78 Å². The second kappa shape index (κ2) is 8.40. The summed E-state index contributed by atoms with van der Waals surface area (Å²) in [6, 6.07) is 13.1. The molecule has 1 aliphatic heterocycles. The molecule has 3 aromatic rings. The molecule has 1 atom stereocenters. The predicted octanol–water partition coefficient (Wildman–Crippen LogP) is 4.13. The van der Waals surface area contributed by atoms with Crippen LogP contribution in [0.15, 0.2) is 54.9 Å². The first-order valence-electron chi connectivity index (χ1n) is 9.75. The number of nitrogens with one attached hydrogen (secondary N) is 1. The lowest BCUT2D eigenvalue weighted by Crippen LogP contribution is -2.25. The quantitative estimate of drug-likeness (QED) is 0.520. The van der Waals surface area contributed by atoms with Gasteiger partial charge >= 0.3 is 5.97 Å². The van der Waals surface area contributed by atoms with Gasteiger partial charge in [-0.05, 0) is 60.7 Å². The summed E-state index contributed by atoms with van der Waals surface area (Å²) in [4.78, 5) is 21.5. The number of hydrogen-bond acceptors (Lipinski definition) is 4. The zero-order valence-corrected chi connectivity index (χ0v) is 16.1. The Morgan fingerprint density at radius 2 is 2.18 bits per heavy atom. The van der Waals surface area contributed by atoms with Crippen LogP contribution in [0.25, 0.3) is 17.1 Å². The lowest BCUT2D eigenvalue weighted by molar-refractivity contribution is -0.134. The topological polar surface area (TPSA) is 58.2 Å². The Balaban J connectivity index is 1.42. The molecule has 3 heterocycles. The summed E-state index contributed by atoms with van der Waals surface area (Å²) in [6.45, 7) is 2.17. The summed E-state index contributed by atoms with van der Waals surface area (Å²) in [5.74, 6) is -0.335. The Hall–Kier alpha value is -2.92. The average molecular weight is 375 g/mol. The molecule has 5 heteroatoms. The summed E-state index contributed by atoms with van der Waals surface area (Å²) in [6.07, 6.45) is 10.6. The van der Waals surface area contributed by atoms with Crippen LogP contribution in [0, 0.1) is 0 Å². The fraction of sp³-hybridized carbons (Fsp3) is 0.304. The number of ether oxygens (including phenoxy) is 1. The van der Waals surface area contributed by atoms with Gasteiger partial charge in [-0.15, -0.1) is 0 Å². The Kier molecular flexibility index (Phi) is 5.53. The van der Waals surface area contributed by atoms with Gasteiger partial charge in [0.1, 0.15) is 5.65 Å². The maximum absolute atomic E-state index is 11.2. The van der Waals surface area contributed by atoms with Crippen LogP contribution >= 0.6 is 0 Å². The minimum atomic E-state index is -0.335. The van der Waals surface area contributed by atoms with E-state index in [0.29, 0.717) is 6.04 Å². The molecule has 4 rings (SSSR count). The smallest absolute Gasteiger partial charge is 0.330 e. The van der Waals surface area contributed by atoms with E-state index < -0.39 is 0 Å². The van der Waals surface area contributed by atoms with Gasteiger partial charge in [0.25, 0.3) is 0 Å². The molecule has 28 heavy (non-hydrogen) atoms. The molecule has 1 aromatic carbocycles. The monoisotopic (exact) mass is 375 g/mol. The number of rotatable bonds is 6. The van der Waals surface area contributed by atoms with E-state index in [1.165, 1.54) is 42.5 Å². The highest BCUT2D eigenvalue weighted by atomic mass is 16.5. The molecular weight excluding hydrogens is 350 g/mol. The van der Waals surface area contributed by atoms with Crippen LogP contribution in [0.3, 0.4) is 0 Å². The Morgan fingerprint density at radius 1 is 1.32 bits per heavy atom. The summed E-state index contributed by atoms with van der Waals surface area (Å²) in [5.41, 5.74) is 4.64. The van der Waals surface area contributed by atoms with Gasteiger partial charge in [0.15, 0.2) is 0 Å². The van der Waals surface area contributed by atoms with Gasteiger partial charge in [0.2, 0.25) is 0 Å². The molecule has 0 amide bonds. The van der Waals surface area contributed by atoms with Crippen molar-refractivity contribution in [3.05, 3.63) is 71.6 Å². The van der Waals surface area contributed by atoms with E-state index in [2.05, 4.69) is 56.1 Å². The van der Waals surface area contributed by atoms with Crippen molar-refractivity contribution in [1.29, 1.82) is 0 Å². The number of hydrogen-bond donors (Lipinski definition) is 1. The molecule has 5 nitrogen and oxygen atoms in total. The fourth-order valence-electron chi connectivity index (χ4n) is 4.02. The molecule has 0 saturated carbocycles. The van der Waals surface area contributed by atoms with E-state index >= 15 is 0 Å². The van der Waals surface area contributed by atoms with Crippen LogP contribution in [0.5, 0.6) is 0 Å². The zero-order valence-electron chi connectivity index (χ0n) is 16.1. The fourth-order valence-corrected chi connectivity index (χ4v) is 4.02. The number of carbonyl (C=O) groups is 1. The number of carbonyl (C=O) groups excluding carboxylic acids is 1. The van der Waals surface area contributed by atoms with Crippen LogP contribution in [0.1, 0.15) is 35.6 Å². The molecule has 1 N–H and O–H groups in total. The van der Waals surface area contributed by atoms with Crippen LogP contribution in [-0.4, -0.2) is 41.0 Å². The normalized spacial score (nSPS) is 17.5. The third kappa shape index (κ3) is 3.99. The number of nitrogens with zero attached hydrogens (tertiary/aromatic N) is 2. The average Bonchev–Trinajstić information content (AvgIpc) is 3.37. The SMILES string of the molecule is COC(=O)C=Cc1ccc([C@@H]2CCCN2CCc2c[nH]c3ncccc23)cc1.